The van der Waals surface area contributed by atoms with Crippen molar-refractivity contribution in [1.29, 1.82) is 0 Å². The van der Waals surface area contributed by atoms with Crippen LogP contribution in [0.15, 0.2) is 189 Å². The molecule has 27 heteroatoms. The van der Waals surface area contributed by atoms with E-state index in [0.29, 0.717) is 80.9 Å². The Balaban J connectivity index is 0.000000116. The summed E-state index contributed by atoms with van der Waals surface area (Å²) >= 11 is 0. The highest BCUT2D eigenvalue weighted by molar-refractivity contribution is 7.90. The molecule has 0 unspecified atom stereocenters. The third-order valence-electron chi connectivity index (χ3n) is 16.8. The van der Waals surface area contributed by atoms with E-state index in [-0.39, 0.29) is 18.0 Å². The molecule has 5 aromatic carbocycles. The number of H-pyrrole nitrogens is 6. The minimum Gasteiger partial charge on any atom is -0.378 e. The van der Waals surface area contributed by atoms with Crippen molar-refractivity contribution in [2.45, 2.75) is 6.42 Å². The minimum atomic E-state index is -3.18. The molecule has 13 heterocycles. The predicted molar refractivity (Wildman–Crippen MR) is 371 cm³/mol. The molecule has 24 nitrogen and oxygen atoms in total. The lowest BCUT2D eigenvalue weighted by atomic mass is 10.0. The number of aromatic amines is 6. The van der Waals surface area contributed by atoms with Gasteiger partial charge < -0.3 is 24.6 Å². The third-order valence-corrected chi connectivity index (χ3v) is 17.8. The van der Waals surface area contributed by atoms with Gasteiger partial charge in [-0.3, -0.25) is 34.9 Å². The number of benzene rings is 5. The number of ether oxygens (including phenoxy) is 1. The van der Waals surface area contributed by atoms with E-state index in [1.165, 1.54) is 30.6 Å². The summed E-state index contributed by atoms with van der Waals surface area (Å²) in [6, 6.07) is 40.4. The maximum Gasteiger partial charge on any atom is 0.159 e. The number of halogens is 2. The van der Waals surface area contributed by atoms with E-state index in [2.05, 4.69) is 104 Å². The fraction of sp³-hybridized carbons (Fsp3) is 0.113. The van der Waals surface area contributed by atoms with Crippen molar-refractivity contribution in [2.75, 3.05) is 43.2 Å². The molecule has 0 saturated carbocycles. The van der Waals surface area contributed by atoms with Crippen molar-refractivity contribution in [3.8, 4) is 90.6 Å². The quantitative estimate of drug-likeness (QED) is 0.0662. The van der Waals surface area contributed by atoms with Crippen LogP contribution in [0.3, 0.4) is 0 Å². The van der Waals surface area contributed by atoms with Gasteiger partial charge in [-0.05, 0) is 120 Å². The number of aromatic nitrogens is 20. The van der Waals surface area contributed by atoms with Crippen LogP contribution in [0, 0.1) is 11.6 Å². The molecule has 0 amide bonds. The number of imidazole rings is 3. The molecule has 0 aliphatic carbocycles. The standard InChI is InChI=1S/C26H20FN7O2S.C24H15FN6.C21H20N8O/c1-37(35,36)7-5-15-8-17(10-19(27)9-15)23-25-22(4-6-30-23)31-26(32-25)24-20-11-16(2-3-21(20)33-34-24)18-12-28-14-29-13-18;25-16-5-3-4-15(12-16)21-23-20(9-11-27-21)28-24(29-23)22-17-13-14(7-8-19(17)30-31-22)18-6-1-2-10-26-18;1-28-12-14(11-23-28)13-2-3-16-15(10-13)18(27-26-16)20-24-17-4-5-22-21(19(17)25-20)29-6-8-30-9-7-29/h2-4,6,8-14H,5,7H2,1H3,(H,31,32)(H,33,34);1-13H,(H,28,29)(H,30,31);2-5,10-12H,6-9H2,1H3,(H,24,25)(H,26,27). The Morgan fingerprint density at radius 3 is 1.63 bits per heavy atom. The number of aryl methyl sites for hydroxylation is 2. The third kappa shape index (κ3) is 12.1. The van der Waals surface area contributed by atoms with Gasteiger partial charge in [-0.2, -0.15) is 20.4 Å². The molecular formula is C71H55F2N21O3S. The van der Waals surface area contributed by atoms with Crippen LogP contribution >= 0.6 is 0 Å². The van der Waals surface area contributed by atoms with E-state index < -0.39 is 15.7 Å². The molecule has 1 aliphatic heterocycles. The maximum atomic E-state index is 14.5. The molecule has 0 bridgehead atoms. The first-order valence-electron chi connectivity index (χ1n) is 31.1. The molecule has 0 radical (unpaired) electrons. The summed E-state index contributed by atoms with van der Waals surface area (Å²) in [5, 5.41) is 29.8. The average Bonchev–Trinajstić information content (AvgIpc) is 1.63. The second-order valence-corrected chi connectivity index (χ2v) is 25.7. The SMILES string of the molecule is CS(=O)(=O)CCc1cc(F)cc(-c2nccc3[nH]c(-c4n[nH]c5ccc(-c6cncnc6)cc45)nc23)c1.Cn1cc(-c2ccc3[nH]nc(-c4nc5c(N6CCOCC6)nccc5[nH]4)c3c2)cn1.Fc1cccc(-c2nccc3[nH]c(-c4n[nH]c5ccc(-c6ccccn6)cc45)nc23)c1. The maximum absolute atomic E-state index is 14.5. The lowest BCUT2D eigenvalue weighted by Crippen LogP contribution is -2.36. The summed E-state index contributed by atoms with van der Waals surface area (Å²) in [4.78, 5) is 52.9. The number of rotatable bonds is 12. The molecule has 1 saturated heterocycles. The van der Waals surface area contributed by atoms with Gasteiger partial charge in [0.15, 0.2) is 23.3 Å². The van der Waals surface area contributed by atoms with Crippen LogP contribution in [-0.4, -0.2) is 147 Å². The summed E-state index contributed by atoms with van der Waals surface area (Å²) in [5.41, 5.74) is 18.1. The molecule has 98 heavy (non-hydrogen) atoms. The monoisotopic (exact) mass is 1320 g/mol. The number of hydrogen-bond acceptors (Lipinski definition) is 17. The Labute approximate surface area is 554 Å². The van der Waals surface area contributed by atoms with E-state index in [1.807, 2.05) is 98.4 Å². The first kappa shape index (κ1) is 60.3. The molecule has 482 valence electrons. The fourth-order valence-electron chi connectivity index (χ4n) is 12.1. The number of sulfone groups is 1. The molecule has 6 N–H and O–H groups in total. The van der Waals surface area contributed by atoms with Gasteiger partial charge in [-0.15, -0.1) is 0 Å². The minimum absolute atomic E-state index is 0.0661. The van der Waals surface area contributed by atoms with Gasteiger partial charge in [0.1, 0.15) is 61.4 Å². The summed E-state index contributed by atoms with van der Waals surface area (Å²) in [6.45, 7) is 3.04. The molecule has 18 rings (SSSR count). The fourth-order valence-corrected chi connectivity index (χ4v) is 12.7. The smallest absolute Gasteiger partial charge is 0.159 e. The van der Waals surface area contributed by atoms with Crippen LogP contribution in [0.5, 0.6) is 0 Å². The van der Waals surface area contributed by atoms with Crippen molar-refractivity contribution < 1.29 is 21.9 Å². The van der Waals surface area contributed by atoms with E-state index >= 15 is 0 Å². The first-order valence-corrected chi connectivity index (χ1v) is 33.1. The zero-order valence-electron chi connectivity index (χ0n) is 52.2. The number of anilines is 1. The lowest BCUT2D eigenvalue weighted by molar-refractivity contribution is 0.122. The molecule has 12 aromatic heterocycles. The summed E-state index contributed by atoms with van der Waals surface area (Å²) < 4.78 is 58.7. The Morgan fingerprint density at radius 1 is 0.490 bits per heavy atom. The van der Waals surface area contributed by atoms with Gasteiger partial charge in [0.2, 0.25) is 0 Å². The molecule has 1 fully saturated rings. The predicted octanol–water partition coefficient (Wildman–Crippen LogP) is 12.5. The number of morpholine rings is 1. The highest BCUT2D eigenvalue weighted by Gasteiger charge is 2.23. The molecule has 0 atom stereocenters. The second-order valence-electron chi connectivity index (χ2n) is 23.5. The summed E-state index contributed by atoms with van der Waals surface area (Å²) in [6.07, 6.45) is 17.1. The van der Waals surface area contributed by atoms with Crippen LogP contribution in [0.2, 0.25) is 0 Å². The van der Waals surface area contributed by atoms with Gasteiger partial charge in [-0.1, -0.05) is 36.4 Å². The normalized spacial score (nSPS) is 12.6. The number of pyridine rings is 4. The Hall–Kier alpha value is -12.6. The lowest BCUT2D eigenvalue weighted by Gasteiger charge is -2.27. The Bertz CT molecular complexity index is 5940. The zero-order chi connectivity index (χ0) is 66.4. The highest BCUT2D eigenvalue weighted by Crippen LogP contribution is 2.37. The second kappa shape index (κ2) is 25.3. The molecule has 0 spiro atoms. The first-order chi connectivity index (χ1) is 47.9. The highest BCUT2D eigenvalue weighted by atomic mass is 32.2. The molecule has 17 aromatic rings. The van der Waals surface area contributed by atoms with Crippen molar-refractivity contribution in [2.24, 2.45) is 7.05 Å². The van der Waals surface area contributed by atoms with Gasteiger partial charge in [0.25, 0.3) is 0 Å². The Kier molecular flexibility index (Phi) is 15.6. The van der Waals surface area contributed by atoms with Crippen molar-refractivity contribution in [3.63, 3.8) is 0 Å². The summed E-state index contributed by atoms with van der Waals surface area (Å²) in [5.74, 6) is 1.91. The summed E-state index contributed by atoms with van der Waals surface area (Å²) in [7, 11) is -1.26. The van der Waals surface area contributed by atoms with Crippen LogP contribution in [0.1, 0.15) is 5.56 Å². The van der Waals surface area contributed by atoms with Crippen molar-refractivity contribution in [3.05, 3.63) is 207 Å². The van der Waals surface area contributed by atoms with E-state index in [0.717, 1.165) is 119 Å². The Morgan fingerprint density at radius 2 is 1.05 bits per heavy atom. The largest absolute Gasteiger partial charge is 0.378 e. The van der Waals surface area contributed by atoms with Crippen molar-refractivity contribution >= 4 is 81.5 Å². The molecular weight excluding hydrogens is 1260 g/mol. The van der Waals surface area contributed by atoms with Crippen LogP contribution < -0.4 is 4.90 Å². The van der Waals surface area contributed by atoms with Crippen LogP contribution in [-0.2, 0) is 28.0 Å². The van der Waals surface area contributed by atoms with Crippen LogP contribution in [0.25, 0.3) is 156 Å². The van der Waals surface area contributed by atoms with E-state index in [1.54, 1.807) is 53.9 Å². The average molecular weight is 1320 g/mol. The van der Waals surface area contributed by atoms with E-state index in [4.69, 9.17) is 19.7 Å². The zero-order valence-corrected chi connectivity index (χ0v) is 53.1. The number of fused-ring (bicyclic) bond motifs is 6. The van der Waals surface area contributed by atoms with E-state index in [9.17, 15) is 17.2 Å². The number of nitrogens with one attached hydrogen (secondary N) is 6. The van der Waals surface area contributed by atoms with Gasteiger partial charge in [0.05, 0.1) is 75.3 Å². The number of nitrogens with zero attached hydrogens (tertiary/aromatic N) is 15. The molecule has 1 aliphatic rings. The topological polar surface area (TPSA) is 314 Å². The number of hydrogen-bond donors (Lipinski definition) is 6. The van der Waals surface area contributed by atoms with Gasteiger partial charge in [-0.25, -0.2) is 47.1 Å². The van der Waals surface area contributed by atoms with Gasteiger partial charge in [0, 0.05) is 114 Å². The van der Waals surface area contributed by atoms with Crippen LogP contribution in [0.4, 0.5) is 14.6 Å². The van der Waals surface area contributed by atoms with Crippen molar-refractivity contribution in [1.82, 2.24) is 100 Å². The van der Waals surface area contributed by atoms with Gasteiger partial charge >= 0.3 is 0 Å².